The van der Waals surface area contributed by atoms with Gasteiger partial charge in [-0.3, -0.25) is 5.10 Å². The number of thiophene rings is 1. The maximum atomic E-state index is 5.74. The average Bonchev–Trinajstić information content (AvgIpc) is 3.26. The van der Waals surface area contributed by atoms with Crippen LogP contribution >= 0.6 is 11.3 Å². The number of aryl methyl sites for hydroxylation is 1. The highest BCUT2D eigenvalue weighted by Crippen LogP contribution is 2.38. The molecule has 0 atom stereocenters. The van der Waals surface area contributed by atoms with E-state index in [9.17, 15) is 0 Å². The van der Waals surface area contributed by atoms with Crippen molar-refractivity contribution in [2.45, 2.75) is 6.92 Å². The molecule has 5 rings (SSSR count). The fourth-order valence-electron chi connectivity index (χ4n) is 3.13. The molecular weight excluding hydrogens is 358 g/mol. The van der Waals surface area contributed by atoms with E-state index in [1.54, 1.807) is 18.3 Å². The van der Waals surface area contributed by atoms with Crippen molar-refractivity contribution in [3.63, 3.8) is 0 Å². The summed E-state index contributed by atoms with van der Waals surface area (Å²) in [5.41, 5.74) is 8.67. The van der Waals surface area contributed by atoms with E-state index >= 15 is 0 Å². The number of anilines is 3. The molecule has 4 N–H and O–H groups in total. The maximum absolute atomic E-state index is 5.74. The number of aromatic nitrogens is 5. The fraction of sp³-hybridized carbons (Fsp3) is 0.0526. The van der Waals surface area contributed by atoms with Crippen LogP contribution < -0.4 is 11.1 Å². The first-order valence-electron chi connectivity index (χ1n) is 8.37. The Balaban J connectivity index is 1.64. The van der Waals surface area contributed by atoms with Crippen molar-refractivity contribution < 1.29 is 0 Å². The first-order chi connectivity index (χ1) is 13.2. The number of fused-ring (bicyclic) bond motifs is 2. The molecule has 0 aliphatic heterocycles. The fourth-order valence-corrected chi connectivity index (χ4v) is 4.21. The Morgan fingerprint density at radius 1 is 1.04 bits per heavy atom. The van der Waals surface area contributed by atoms with E-state index < -0.39 is 0 Å². The monoisotopic (exact) mass is 373 g/mol. The van der Waals surface area contributed by atoms with Crippen LogP contribution in [0.5, 0.6) is 0 Å². The molecule has 0 spiro atoms. The minimum atomic E-state index is 0.194. The molecule has 27 heavy (non-hydrogen) atoms. The van der Waals surface area contributed by atoms with Crippen LogP contribution in [0.3, 0.4) is 0 Å². The second kappa shape index (κ2) is 6.03. The smallest absolute Gasteiger partial charge is 0.232 e. The van der Waals surface area contributed by atoms with Crippen LogP contribution in [0, 0.1) is 6.92 Å². The van der Waals surface area contributed by atoms with E-state index in [-0.39, 0.29) is 5.95 Å². The number of nitrogens with zero attached hydrogens (tertiary/aromatic N) is 4. The molecule has 7 nitrogen and oxygen atoms in total. The topological polar surface area (TPSA) is 105 Å². The molecule has 8 heteroatoms. The Bertz CT molecular complexity index is 1230. The highest BCUT2D eigenvalue weighted by molar-refractivity contribution is 7.22. The number of rotatable bonds is 3. The van der Waals surface area contributed by atoms with Gasteiger partial charge in [0.2, 0.25) is 11.9 Å². The molecule has 132 valence electrons. The molecular formula is C19H15N7S. The number of benzene rings is 2. The number of H-pyrrole nitrogens is 1. The molecule has 0 aliphatic rings. The largest absolute Gasteiger partial charge is 0.368 e. The van der Waals surface area contributed by atoms with Gasteiger partial charge in [-0.1, -0.05) is 18.2 Å². The molecule has 0 bridgehead atoms. The molecule has 0 fully saturated rings. The summed E-state index contributed by atoms with van der Waals surface area (Å²) in [7, 11) is 0. The van der Waals surface area contributed by atoms with Gasteiger partial charge in [-0.25, -0.2) is 0 Å². The molecule has 0 aliphatic carbocycles. The van der Waals surface area contributed by atoms with E-state index in [0.717, 1.165) is 22.2 Å². The lowest BCUT2D eigenvalue weighted by molar-refractivity contribution is 0.995. The van der Waals surface area contributed by atoms with Gasteiger partial charge in [0.05, 0.1) is 11.7 Å². The summed E-state index contributed by atoms with van der Waals surface area (Å²) in [5.74, 6) is 1.18. The zero-order valence-corrected chi connectivity index (χ0v) is 15.2. The molecule has 0 amide bonds. The lowest BCUT2D eigenvalue weighted by Gasteiger charge is -2.08. The van der Waals surface area contributed by atoms with Crippen molar-refractivity contribution in [1.29, 1.82) is 0 Å². The molecule has 0 saturated heterocycles. The molecule has 5 aromatic rings. The van der Waals surface area contributed by atoms with Crippen molar-refractivity contribution in [2.75, 3.05) is 11.1 Å². The van der Waals surface area contributed by atoms with Gasteiger partial charge in [-0.05, 0) is 36.6 Å². The Kier molecular flexibility index (Phi) is 3.51. The van der Waals surface area contributed by atoms with E-state index in [0.29, 0.717) is 11.8 Å². The molecule has 3 aromatic heterocycles. The normalized spacial score (nSPS) is 11.3. The number of nitrogens with two attached hydrogens (primary N) is 1. The van der Waals surface area contributed by atoms with Crippen LogP contribution in [0.2, 0.25) is 0 Å². The summed E-state index contributed by atoms with van der Waals surface area (Å²) in [6.45, 7) is 1.78. The third-order valence-electron chi connectivity index (χ3n) is 4.26. The van der Waals surface area contributed by atoms with Gasteiger partial charge in [-0.15, -0.1) is 11.3 Å². The number of aromatic amines is 1. The average molecular weight is 373 g/mol. The van der Waals surface area contributed by atoms with Crippen LogP contribution in [-0.2, 0) is 0 Å². The van der Waals surface area contributed by atoms with Crippen molar-refractivity contribution in [3.8, 4) is 10.4 Å². The Morgan fingerprint density at radius 3 is 2.78 bits per heavy atom. The van der Waals surface area contributed by atoms with Crippen LogP contribution in [0.25, 0.3) is 31.4 Å². The van der Waals surface area contributed by atoms with Gasteiger partial charge in [0, 0.05) is 26.2 Å². The van der Waals surface area contributed by atoms with Crippen molar-refractivity contribution in [3.05, 3.63) is 54.5 Å². The van der Waals surface area contributed by atoms with Crippen LogP contribution in [0.4, 0.5) is 17.6 Å². The zero-order chi connectivity index (χ0) is 18.4. The van der Waals surface area contributed by atoms with Crippen molar-refractivity contribution >= 4 is 49.9 Å². The van der Waals surface area contributed by atoms with Crippen LogP contribution in [0.1, 0.15) is 5.82 Å². The first-order valence-corrected chi connectivity index (χ1v) is 9.18. The summed E-state index contributed by atoms with van der Waals surface area (Å²) < 4.78 is 1.25. The van der Waals surface area contributed by atoms with E-state index in [2.05, 4.69) is 66.9 Å². The molecule has 0 saturated carbocycles. The summed E-state index contributed by atoms with van der Waals surface area (Å²) in [6.07, 6.45) is 1.81. The van der Waals surface area contributed by atoms with Gasteiger partial charge in [-0.2, -0.15) is 20.1 Å². The molecule has 3 heterocycles. The van der Waals surface area contributed by atoms with Crippen LogP contribution in [-0.4, -0.2) is 25.1 Å². The minimum Gasteiger partial charge on any atom is -0.368 e. The minimum absolute atomic E-state index is 0.194. The quantitative estimate of drug-likeness (QED) is 0.436. The number of hydrogen-bond donors (Lipinski definition) is 3. The Hall–Kier alpha value is -3.52. The lowest BCUT2D eigenvalue weighted by Crippen LogP contribution is -2.04. The third-order valence-corrected chi connectivity index (χ3v) is 5.41. The van der Waals surface area contributed by atoms with E-state index in [4.69, 9.17) is 5.73 Å². The molecule has 2 aromatic carbocycles. The SMILES string of the molecule is Cc1nc(N)nc(Nc2cc(-c3cc4ccccc4s3)c3[nH]ncc3c2)n1. The summed E-state index contributed by atoms with van der Waals surface area (Å²) in [6, 6.07) is 14.6. The molecule has 0 radical (unpaired) electrons. The highest BCUT2D eigenvalue weighted by Gasteiger charge is 2.12. The standard InChI is InChI=1S/C19H15N7S/c1-10-22-18(20)25-19(23-10)24-13-6-12-9-21-26-17(12)14(8-13)16-7-11-4-2-3-5-15(11)27-16/h2-9H,1H3,(H,21,26)(H3,20,22,23,24,25). The van der Waals surface area contributed by atoms with Gasteiger partial charge < -0.3 is 11.1 Å². The molecule has 0 unspecified atom stereocenters. The predicted octanol–water partition coefficient (Wildman–Crippen LogP) is 4.26. The summed E-state index contributed by atoms with van der Waals surface area (Å²) in [4.78, 5) is 13.6. The zero-order valence-electron chi connectivity index (χ0n) is 14.4. The van der Waals surface area contributed by atoms with Crippen molar-refractivity contribution in [1.82, 2.24) is 25.1 Å². The highest BCUT2D eigenvalue weighted by atomic mass is 32.1. The Labute approximate surface area is 158 Å². The van der Waals surface area contributed by atoms with Crippen LogP contribution in [0.15, 0.2) is 48.7 Å². The number of nitrogen functional groups attached to an aromatic ring is 1. The van der Waals surface area contributed by atoms with Crippen molar-refractivity contribution in [2.24, 2.45) is 0 Å². The first kappa shape index (κ1) is 15.7. The van der Waals surface area contributed by atoms with Gasteiger partial charge in [0.15, 0.2) is 0 Å². The lowest BCUT2D eigenvalue weighted by atomic mass is 10.1. The van der Waals surface area contributed by atoms with Gasteiger partial charge in [0.25, 0.3) is 0 Å². The number of hydrogen-bond acceptors (Lipinski definition) is 7. The second-order valence-electron chi connectivity index (χ2n) is 6.20. The predicted molar refractivity (Wildman–Crippen MR) is 109 cm³/mol. The Morgan fingerprint density at radius 2 is 1.93 bits per heavy atom. The van der Waals surface area contributed by atoms with Gasteiger partial charge >= 0.3 is 0 Å². The third kappa shape index (κ3) is 2.85. The summed E-state index contributed by atoms with van der Waals surface area (Å²) >= 11 is 1.75. The maximum Gasteiger partial charge on any atom is 0.232 e. The summed E-state index contributed by atoms with van der Waals surface area (Å²) in [5, 5.41) is 12.8. The second-order valence-corrected chi connectivity index (χ2v) is 7.28. The van der Waals surface area contributed by atoms with Gasteiger partial charge in [0.1, 0.15) is 5.82 Å². The number of nitrogens with one attached hydrogen (secondary N) is 2. The van der Waals surface area contributed by atoms with E-state index in [1.165, 1.54) is 15.0 Å². The van der Waals surface area contributed by atoms with E-state index in [1.807, 2.05) is 12.3 Å².